The van der Waals surface area contributed by atoms with Crippen LogP contribution < -0.4 is 26.1 Å². The molecular formula is C23H23N3O5. The molecule has 0 saturated heterocycles. The summed E-state index contributed by atoms with van der Waals surface area (Å²) in [5.41, 5.74) is 7.94. The summed E-state index contributed by atoms with van der Waals surface area (Å²) in [5.74, 6) is -0.338. The highest BCUT2D eigenvalue weighted by Crippen LogP contribution is 2.28. The zero-order valence-electron chi connectivity index (χ0n) is 17.2. The van der Waals surface area contributed by atoms with Crippen LogP contribution in [0.3, 0.4) is 0 Å². The second-order valence-electron chi connectivity index (χ2n) is 6.91. The lowest BCUT2D eigenvalue weighted by Crippen LogP contribution is -2.29. The third kappa shape index (κ3) is 5.51. The van der Waals surface area contributed by atoms with Crippen LogP contribution >= 0.6 is 0 Å². The van der Waals surface area contributed by atoms with E-state index in [0.717, 1.165) is 16.7 Å². The molecule has 2 aromatic carbocycles. The first-order valence-corrected chi connectivity index (χ1v) is 9.54. The molecule has 31 heavy (non-hydrogen) atoms. The molecule has 3 rings (SSSR count). The van der Waals surface area contributed by atoms with Crippen LogP contribution in [0.25, 0.3) is 11.3 Å². The molecule has 8 nitrogen and oxygen atoms in total. The SMILES string of the molecule is COc1cc(CNC(=O)c2ccc(-c3cccc(C)c3)[nH]c2=O)ccc1OCC(N)=O. The number of aromatic amines is 1. The largest absolute Gasteiger partial charge is 0.493 e. The van der Waals surface area contributed by atoms with Gasteiger partial charge in [-0.3, -0.25) is 14.4 Å². The molecule has 2 amide bonds. The number of rotatable bonds is 8. The van der Waals surface area contributed by atoms with E-state index in [0.29, 0.717) is 17.2 Å². The van der Waals surface area contributed by atoms with E-state index in [4.69, 9.17) is 15.2 Å². The molecule has 0 atom stereocenters. The normalized spacial score (nSPS) is 10.4. The summed E-state index contributed by atoms with van der Waals surface area (Å²) < 4.78 is 10.5. The van der Waals surface area contributed by atoms with Gasteiger partial charge in [-0.15, -0.1) is 0 Å². The monoisotopic (exact) mass is 421 g/mol. The average molecular weight is 421 g/mol. The van der Waals surface area contributed by atoms with Crippen molar-refractivity contribution in [1.29, 1.82) is 0 Å². The van der Waals surface area contributed by atoms with Gasteiger partial charge in [-0.1, -0.05) is 29.8 Å². The number of aryl methyl sites for hydroxylation is 1. The quantitative estimate of drug-likeness (QED) is 0.514. The maximum atomic E-state index is 12.5. The first-order chi connectivity index (χ1) is 14.9. The number of H-pyrrole nitrogens is 1. The molecule has 4 N–H and O–H groups in total. The lowest BCUT2D eigenvalue weighted by Gasteiger charge is -2.12. The van der Waals surface area contributed by atoms with Crippen molar-refractivity contribution in [3.8, 4) is 22.8 Å². The molecule has 0 unspecified atom stereocenters. The van der Waals surface area contributed by atoms with E-state index < -0.39 is 17.4 Å². The molecule has 0 radical (unpaired) electrons. The van der Waals surface area contributed by atoms with Crippen LogP contribution in [0, 0.1) is 6.92 Å². The molecule has 0 aliphatic heterocycles. The number of hydrogen-bond acceptors (Lipinski definition) is 5. The van der Waals surface area contributed by atoms with Gasteiger partial charge in [0.15, 0.2) is 18.1 Å². The van der Waals surface area contributed by atoms with E-state index in [9.17, 15) is 14.4 Å². The van der Waals surface area contributed by atoms with E-state index in [1.165, 1.54) is 13.2 Å². The molecule has 1 heterocycles. The number of carbonyl (C=O) groups excluding carboxylic acids is 2. The Kier molecular flexibility index (Phi) is 6.71. The van der Waals surface area contributed by atoms with Crippen molar-refractivity contribution in [1.82, 2.24) is 10.3 Å². The second kappa shape index (κ2) is 9.62. The molecule has 0 aliphatic rings. The van der Waals surface area contributed by atoms with Crippen LogP contribution in [0.1, 0.15) is 21.5 Å². The van der Waals surface area contributed by atoms with Crippen molar-refractivity contribution in [2.24, 2.45) is 5.73 Å². The summed E-state index contributed by atoms with van der Waals surface area (Å²) in [6.07, 6.45) is 0. The van der Waals surface area contributed by atoms with E-state index >= 15 is 0 Å². The third-order valence-corrected chi connectivity index (χ3v) is 4.53. The Morgan fingerprint density at radius 3 is 2.55 bits per heavy atom. The molecule has 1 aromatic heterocycles. The minimum absolute atomic E-state index is 0.0183. The van der Waals surface area contributed by atoms with Gasteiger partial charge >= 0.3 is 0 Å². The minimum Gasteiger partial charge on any atom is -0.493 e. The Balaban J connectivity index is 1.69. The summed E-state index contributed by atoms with van der Waals surface area (Å²) in [6.45, 7) is 1.87. The first-order valence-electron chi connectivity index (χ1n) is 9.54. The van der Waals surface area contributed by atoms with Crippen LogP contribution in [0.15, 0.2) is 59.4 Å². The fourth-order valence-electron chi connectivity index (χ4n) is 3.00. The first kappa shape index (κ1) is 21.6. The van der Waals surface area contributed by atoms with Crippen molar-refractivity contribution >= 4 is 11.8 Å². The predicted octanol–water partition coefficient (Wildman–Crippen LogP) is 2.15. The Hall–Kier alpha value is -4.07. The van der Waals surface area contributed by atoms with Crippen molar-refractivity contribution < 1.29 is 19.1 Å². The molecule has 0 spiro atoms. The number of pyridine rings is 1. The predicted molar refractivity (Wildman–Crippen MR) is 116 cm³/mol. The molecule has 0 saturated carbocycles. The highest BCUT2D eigenvalue weighted by atomic mass is 16.5. The van der Waals surface area contributed by atoms with Gasteiger partial charge in [0.05, 0.1) is 7.11 Å². The topological polar surface area (TPSA) is 124 Å². The van der Waals surface area contributed by atoms with E-state index in [1.54, 1.807) is 24.3 Å². The van der Waals surface area contributed by atoms with Gasteiger partial charge in [0.25, 0.3) is 17.4 Å². The Bertz CT molecular complexity index is 1170. The number of methoxy groups -OCH3 is 1. The smallest absolute Gasteiger partial charge is 0.261 e. The number of benzene rings is 2. The maximum absolute atomic E-state index is 12.5. The van der Waals surface area contributed by atoms with Crippen molar-refractivity contribution in [3.63, 3.8) is 0 Å². The fourth-order valence-corrected chi connectivity index (χ4v) is 3.00. The number of hydrogen-bond donors (Lipinski definition) is 3. The molecule has 0 bridgehead atoms. The lowest BCUT2D eigenvalue weighted by atomic mass is 10.1. The molecular weight excluding hydrogens is 398 g/mol. The van der Waals surface area contributed by atoms with Crippen molar-refractivity contribution in [2.45, 2.75) is 13.5 Å². The number of nitrogens with two attached hydrogens (primary N) is 1. The zero-order chi connectivity index (χ0) is 22.4. The standard InChI is InChI=1S/C23H23N3O5/c1-14-4-3-5-16(10-14)18-8-7-17(23(29)26-18)22(28)25-12-15-6-9-19(20(11-15)30-2)31-13-21(24)27/h3-11H,12-13H2,1-2H3,(H2,24,27)(H,25,28)(H,26,29). The minimum atomic E-state index is -0.600. The Morgan fingerprint density at radius 1 is 1.06 bits per heavy atom. The van der Waals surface area contributed by atoms with Crippen molar-refractivity contribution in [3.05, 3.63) is 81.6 Å². The van der Waals surface area contributed by atoms with Gasteiger partial charge in [-0.25, -0.2) is 0 Å². The number of amides is 2. The van der Waals surface area contributed by atoms with E-state index in [-0.39, 0.29) is 18.7 Å². The van der Waals surface area contributed by atoms with Gasteiger partial charge in [-0.2, -0.15) is 0 Å². The van der Waals surface area contributed by atoms with Gasteiger partial charge in [0, 0.05) is 12.2 Å². The molecule has 0 fully saturated rings. The van der Waals surface area contributed by atoms with Crippen LogP contribution in [-0.4, -0.2) is 30.5 Å². The fraction of sp³-hybridized carbons (Fsp3) is 0.174. The van der Waals surface area contributed by atoms with Gasteiger partial charge in [0.2, 0.25) is 0 Å². The van der Waals surface area contributed by atoms with E-state index in [1.807, 2.05) is 31.2 Å². The average Bonchev–Trinajstić information content (AvgIpc) is 2.76. The Labute approximate surface area is 179 Å². The van der Waals surface area contributed by atoms with Gasteiger partial charge in [0.1, 0.15) is 5.56 Å². The summed E-state index contributed by atoms with van der Waals surface area (Å²) in [7, 11) is 1.46. The van der Waals surface area contributed by atoms with Gasteiger partial charge in [-0.05, 0) is 48.4 Å². The summed E-state index contributed by atoms with van der Waals surface area (Å²) in [6, 6.07) is 15.9. The molecule has 0 aliphatic carbocycles. The van der Waals surface area contributed by atoms with E-state index in [2.05, 4.69) is 10.3 Å². The number of aromatic nitrogens is 1. The molecule has 8 heteroatoms. The third-order valence-electron chi connectivity index (χ3n) is 4.53. The second-order valence-corrected chi connectivity index (χ2v) is 6.91. The number of primary amides is 1. The number of nitrogens with one attached hydrogen (secondary N) is 2. The van der Waals surface area contributed by atoms with Crippen LogP contribution in [0.4, 0.5) is 0 Å². The summed E-state index contributed by atoms with van der Waals surface area (Å²) in [5, 5.41) is 2.72. The summed E-state index contributed by atoms with van der Waals surface area (Å²) >= 11 is 0. The van der Waals surface area contributed by atoms with Crippen LogP contribution in [0.2, 0.25) is 0 Å². The Morgan fingerprint density at radius 2 is 1.87 bits per heavy atom. The molecule has 3 aromatic rings. The number of carbonyl (C=O) groups is 2. The maximum Gasteiger partial charge on any atom is 0.261 e. The summed E-state index contributed by atoms with van der Waals surface area (Å²) in [4.78, 5) is 38.6. The van der Waals surface area contributed by atoms with Gasteiger partial charge < -0.3 is 25.5 Å². The van der Waals surface area contributed by atoms with Crippen LogP contribution in [-0.2, 0) is 11.3 Å². The lowest BCUT2D eigenvalue weighted by molar-refractivity contribution is -0.119. The highest BCUT2D eigenvalue weighted by Gasteiger charge is 2.13. The highest BCUT2D eigenvalue weighted by molar-refractivity contribution is 5.94. The van der Waals surface area contributed by atoms with Crippen LogP contribution in [0.5, 0.6) is 11.5 Å². The number of ether oxygens (including phenoxy) is 2. The molecule has 160 valence electrons. The van der Waals surface area contributed by atoms with Crippen molar-refractivity contribution in [2.75, 3.05) is 13.7 Å². The zero-order valence-corrected chi connectivity index (χ0v) is 17.2.